The molecule has 0 aliphatic carbocycles. The molecule has 1 aromatic carbocycles. The predicted octanol–water partition coefficient (Wildman–Crippen LogP) is 2.51. The number of rotatable bonds is 5. The molecule has 2 aliphatic rings. The van der Waals surface area contributed by atoms with Gasteiger partial charge in [-0.3, -0.25) is 0 Å². The van der Waals surface area contributed by atoms with Crippen molar-refractivity contribution in [3.63, 3.8) is 0 Å². The Morgan fingerprint density at radius 3 is 2.12 bits per heavy atom. The van der Waals surface area contributed by atoms with E-state index in [1.807, 2.05) is 45.3 Å². The van der Waals surface area contributed by atoms with Gasteiger partial charge in [-0.25, -0.2) is 23.9 Å². The maximum absolute atomic E-state index is 13.4. The minimum Gasteiger partial charge on any atom is -0.399 e. The number of piperazine rings is 1. The van der Waals surface area contributed by atoms with Gasteiger partial charge in [0.1, 0.15) is 17.7 Å². The molecule has 208 valence electrons. The Bertz CT molecular complexity index is 1500. The second kappa shape index (κ2) is 9.50. The molecule has 0 spiro atoms. The number of halogens is 1. The molecule has 2 aliphatic heterocycles. The first-order valence-corrected chi connectivity index (χ1v) is 13.5. The molecule has 0 amide bonds. The van der Waals surface area contributed by atoms with E-state index < -0.39 is 23.9 Å². The molecular formula is C28H34BFN8O2. The van der Waals surface area contributed by atoms with Crippen molar-refractivity contribution in [3.05, 3.63) is 72.2 Å². The number of hydrogen-bond donors (Lipinski definition) is 1. The number of nitrogens with zero attached hydrogens (tertiary/aromatic N) is 7. The smallest absolute Gasteiger partial charge is 0.399 e. The fraction of sp³-hybridized carbons (Fsp3) is 0.429. The van der Waals surface area contributed by atoms with Crippen molar-refractivity contribution in [1.82, 2.24) is 24.6 Å². The molecule has 1 atom stereocenters. The molecule has 4 aromatic rings. The summed E-state index contributed by atoms with van der Waals surface area (Å²) in [5.41, 5.74) is 8.29. The molecule has 6 rings (SSSR count). The van der Waals surface area contributed by atoms with Crippen molar-refractivity contribution in [2.24, 2.45) is 5.73 Å². The Morgan fingerprint density at radius 1 is 0.900 bits per heavy atom. The standard InChI is InChI=1S/C28H34BFN8O2/c1-26(2)27(3,4)40-29(39-26)21-14-23-24(34-18-35-38(23)17-21)36-10-12-37(13-11-36)25-32-15-20(16-33-25)28(5,31)19-6-8-22(30)9-7-19/h6-9,14-18H,10-13,31H2,1-5H3/t28-/m0/s1. The zero-order valence-electron chi connectivity index (χ0n) is 23.5. The molecule has 0 saturated carbocycles. The van der Waals surface area contributed by atoms with Gasteiger partial charge in [0, 0.05) is 55.8 Å². The van der Waals surface area contributed by atoms with E-state index in [2.05, 4.69) is 35.9 Å². The van der Waals surface area contributed by atoms with E-state index >= 15 is 0 Å². The largest absolute Gasteiger partial charge is 0.496 e. The van der Waals surface area contributed by atoms with E-state index in [4.69, 9.17) is 15.0 Å². The predicted molar refractivity (Wildman–Crippen MR) is 152 cm³/mol. The number of aromatic nitrogens is 5. The lowest BCUT2D eigenvalue weighted by Crippen LogP contribution is -2.47. The van der Waals surface area contributed by atoms with Gasteiger partial charge < -0.3 is 24.8 Å². The maximum Gasteiger partial charge on any atom is 0.496 e. The molecule has 12 heteroatoms. The number of hydrogen-bond acceptors (Lipinski definition) is 9. The van der Waals surface area contributed by atoms with E-state index in [-0.39, 0.29) is 5.82 Å². The Morgan fingerprint density at radius 2 is 1.50 bits per heavy atom. The van der Waals surface area contributed by atoms with E-state index in [1.165, 1.54) is 12.1 Å². The van der Waals surface area contributed by atoms with Crippen LogP contribution in [0.1, 0.15) is 45.7 Å². The third kappa shape index (κ3) is 4.59. The molecular weight excluding hydrogens is 510 g/mol. The van der Waals surface area contributed by atoms with E-state index in [9.17, 15) is 4.39 Å². The Labute approximate surface area is 233 Å². The summed E-state index contributed by atoms with van der Waals surface area (Å²) < 4.78 is 27.7. The Balaban J connectivity index is 1.15. The van der Waals surface area contributed by atoms with Crippen LogP contribution in [0.4, 0.5) is 16.2 Å². The molecule has 0 unspecified atom stereocenters. The number of fused-ring (bicyclic) bond motifs is 1. The molecule has 5 heterocycles. The highest BCUT2D eigenvalue weighted by Crippen LogP contribution is 2.37. The maximum atomic E-state index is 13.4. The van der Waals surface area contributed by atoms with Gasteiger partial charge in [0.2, 0.25) is 5.95 Å². The lowest BCUT2D eigenvalue weighted by molar-refractivity contribution is 0.00578. The fourth-order valence-electron chi connectivity index (χ4n) is 5.12. The SMILES string of the molecule is CC1(C)OB(c2cc3c(N4CCN(c5ncc([C@@](C)(N)c6ccc(F)cc6)cn5)CC4)ncnn3c2)OC1(C)C. The summed E-state index contributed by atoms with van der Waals surface area (Å²) in [6, 6.07) is 8.25. The van der Waals surface area contributed by atoms with E-state index in [1.54, 1.807) is 30.9 Å². The van der Waals surface area contributed by atoms with E-state index in [0.29, 0.717) is 5.95 Å². The molecule has 2 fully saturated rings. The molecule has 0 bridgehead atoms. The summed E-state index contributed by atoms with van der Waals surface area (Å²) in [4.78, 5) is 18.3. The topological polar surface area (TPSA) is 107 Å². The van der Waals surface area contributed by atoms with Crippen molar-refractivity contribution in [1.29, 1.82) is 0 Å². The zero-order valence-corrected chi connectivity index (χ0v) is 23.5. The third-order valence-corrected chi connectivity index (χ3v) is 8.48. The molecule has 3 aromatic heterocycles. The van der Waals surface area contributed by atoms with Crippen molar-refractivity contribution in [2.75, 3.05) is 36.0 Å². The summed E-state index contributed by atoms with van der Waals surface area (Å²) >= 11 is 0. The van der Waals surface area contributed by atoms with Crippen LogP contribution < -0.4 is 21.0 Å². The zero-order chi connectivity index (χ0) is 28.3. The number of anilines is 2. The van der Waals surface area contributed by atoms with Gasteiger partial charge in [0.05, 0.1) is 16.7 Å². The van der Waals surface area contributed by atoms with Gasteiger partial charge in [-0.05, 0) is 58.4 Å². The summed E-state index contributed by atoms with van der Waals surface area (Å²) in [5.74, 6) is 1.22. The van der Waals surface area contributed by atoms with Crippen molar-refractivity contribution in [3.8, 4) is 0 Å². The van der Waals surface area contributed by atoms with Gasteiger partial charge in [0.15, 0.2) is 5.82 Å². The first-order valence-electron chi connectivity index (χ1n) is 13.5. The normalized spacial score (nSPS) is 20.2. The summed E-state index contributed by atoms with van der Waals surface area (Å²) in [7, 11) is -0.463. The van der Waals surface area contributed by atoms with Crippen LogP contribution in [0.2, 0.25) is 0 Å². The van der Waals surface area contributed by atoms with Crippen LogP contribution in [0.5, 0.6) is 0 Å². The minimum absolute atomic E-state index is 0.296. The monoisotopic (exact) mass is 544 g/mol. The Hall–Kier alpha value is -3.61. The van der Waals surface area contributed by atoms with Gasteiger partial charge in [0.25, 0.3) is 0 Å². The highest BCUT2D eigenvalue weighted by atomic mass is 19.1. The first-order chi connectivity index (χ1) is 18.9. The molecule has 0 radical (unpaired) electrons. The fourth-order valence-corrected chi connectivity index (χ4v) is 5.12. The van der Waals surface area contributed by atoms with Crippen LogP contribution in [0.3, 0.4) is 0 Å². The van der Waals surface area contributed by atoms with Crippen LogP contribution in [-0.4, -0.2) is 69.1 Å². The summed E-state index contributed by atoms with van der Waals surface area (Å²) in [6.07, 6.45) is 7.04. The highest BCUT2D eigenvalue weighted by molar-refractivity contribution is 6.62. The molecule has 2 N–H and O–H groups in total. The van der Waals surface area contributed by atoms with Gasteiger partial charge >= 0.3 is 7.12 Å². The minimum atomic E-state index is -0.834. The van der Waals surface area contributed by atoms with Crippen LogP contribution in [-0.2, 0) is 14.8 Å². The van der Waals surface area contributed by atoms with Crippen LogP contribution in [0, 0.1) is 5.82 Å². The second-order valence-electron chi connectivity index (χ2n) is 11.7. The van der Waals surface area contributed by atoms with Gasteiger partial charge in [-0.15, -0.1) is 0 Å². The van der Waals surface area contributed by atoms with Crippen LogP contribution in [0.15, 0.2) is 55.2 Å². The lowest BCUT2D eigenvalue weighted by atomic mass is 9.81. The highest BCUT2D eigenvalue weighted by Gasteiger charge is 2.52. The second-order valence-corrected chi connectivity index (χ2v) is 11.7. The summed E-state index contributed by atoms with van der Waals surface area (Å²) in [6.45, 7) is 13.0. The van der Waals surface area contributed by atoms with Crippen LogP contribution in [0.25, 0.3) is 5.52 Å². The van der Waals surface area contributed by atoms with Gasteiger partial charge in [-0.1, -0.05) is 12.1 Å². The van der Waals surface area contributed by atoms with Crippen molar-refractivity contribution < 1.29 is 13.7 Å². The van der Waals surface area contributed by atoms with Gasteiger partial charge in [-0.2, -0.15) is 5.10 Å². The Kier molecular flexibility index (Phi) is 6.32. The molecule has 2 saturated heterocycles. The van der Waals surface area contributed by atoms with E-state index in [0.717, 1.165) is 54.1 Å². The van der Waals surface area contributed by atoms with Crippen molar-refractivity contribution in [2.45, 2.75) is 51.4 Å². The molecule has 40 heavy (non-hydrogen) atoms. The molecule has 10 nitrogen and oxygen atoms in total. The van der Waals surface area contributed by atoms with Crippen LogP contribution >= 0.6 is 0 Å². The first kappa shape index (κ1) is 26.6. The number of benzene rings is 1. The average molecular weight is 544 g/mol. The van der Waals surface area contributed by atoms with Crippen molar-refractivity contribution >= 4 is 29.9 Å². The average Bonchev–Trinajstić information content (AvgIpc) is 3.46. The summed E-state index contributed by atoms with van der Waals surface area (Å²) in [5, 5.41) is 4.43. The third-order valence-electron chi connectivity index (χ3n) is 8.48. The number of nitrogens with two attached hydrogens (primary N) is 1. The quantitative estimate of drug-likeness (QED) is 0.380. The lowest BCUT2D eigenvalue weighted by Gasteiger charge is -2.35.